The number of H-pyrrole nitrogens is 1. The van der Waals surface area contributed by atoms with E-state index in [4.69, 9.17) is 11.6 Å². The molecule has 0 unspecified atom stereocenters. The molecule has 1 aliphatic carbocycles. The molecule has 23 heavy (non-hydrogen) atoms. The minimum Gasteiger partial charge on any atom is -0.395 e. The van der Waals surface area contributed by atoms with Gasteiger partial charge in [0.1, 0.15) is 5.82 Å². The van der Waals surface area contributed by atoms with Crippen molar-refractivity contribution in [2.75, 3.05) is 6.61 Å². The van der Waals surface area contributed by atoms with Crippen molar-refractivity contribution in [2.45, 2.75) is 24.7 Å². The Labute approximate surface area is 138 Å². The molecular formula is C19H17ClFNO. The summed E-state index contributed by atoms with van der Waals surface area (Å²) in [6.07, 6.45) is 4.58. The SMILES string of the molecule is OCC1(c2ccc(-c3cc4cc[nH]c4cc3Cl)cc2F)CCC1. The molecule has 3 aromatic rings. The van der Waals surface area contributed by atoms with Crippen LogP contribution >= 0.6 is 11.6 Å². The molecule has 118 valence electrons. The maximum atomic E-state index is 14.7. The van der Waals surface area contributed by atoms with Gasteiger partial charge >= 0.3 is 0 Å². The molecule has 4 rings (SSSR count). The second-order valence-electron chi connectivity index (χ2n) is 6.38. The van der Waals surface area contributed by atoms with Crippen LogP contribution in [0.15, 0.2) is 42.6 Å². The molecule has 2 nitrogen and oxygen atoms in total. The summed E-state index contributed by atoms with van der Waals surface area (Å²) in [5.74, 6) is -0.263. The van der Waals surface area contributed by atoms with Crippen LogP contribution in [0, 0.1) is 5.82 Å². The number of aromatic nitrogens is 1. The molecule has 0 spiro atoms. The Bertz CT molecular complexity index is 877. The van der Waals surface area contributed by atoms with Gasteiger partial charge in [0, 0.05) is 28.1 Å². The first kappa shape index (κ1) is 14.7. The van der Waals surface area contributed by atoms with Crippen LogP contribution in [0.4, 0.5) is 4.39 Å². The van der Waals surface area contributed by atoms with E-state index >= 15 is 0 Å². The van der Waals surface area contributed by atoms with Crippen molar-refractivity contribution in [1.29, 1.82) is 0 Å². The summed E-state index contributed by atoms with van der Waals surface area (Å²) < 4.78 is 14.7. The van der Waals surface area contributed by atoms with E-state index in [9.17, 15) is 9.50 Å². The van der Waals surface area contributed by atoms with Gasteiger partial charge in [-0.05, 0) is 48.2 Å². The van der Waals surface area contributed by atoms with Crippen molar-refractivity contribution in [3.05, 3.63) is 59.0 Å². The number of aromatic amines is 1. The zero-order valence-corrected chi connectivity index (χ0v) is 13.3. The lowest BCUT2D eigenvalue weighted by atomic mass is 9.65. The first-order valence-electron chi connectivity index (χ1n) is 7.81. The molecule has 1 heterocycles. The number of fused-ring (bicyclic) bond motifs is 1. The van der Waals surface area contributed by atoms with E-state index < -0.39 is 5.41 Å². The van der Waals surface area contributed by atoms with Gasteiger partial charge in [-0.25, -0.2) is 4.39 Å². The van der Waals surface area contributed by atoms with Crippen LogP contribution in [0.25, 0.3) is 22.0 Å². The second kappa shape index (κ2) is 5.36. The number of aliphatic hydroxyl groups excluding tert-OH is 1. The number of nitrogens with one attached hydrogen (secondary N) is 1. The lowest BCUT2D eigenvalue weighted by Gasteiger charge is -2.41. The number of hydrogen-bond acceptors (Lipinski definition) is 1. The lowest BCUT2D eigenvalue weighted by molar-refractivity contribution is 0.116. The molecule has 0 amide bonds. The van der Waals surface area contributed by atoms with E-state index in [-0.39, 0.29) is 12.4 Å². The maximum absolute atomic E-state index is 14.7. The van der Waals surface area contributed by atoms with Gasteiger partial charge in [-0.2, -0.15) is 0 Å². The Morgan fingerprint density at radius 2 is 2.00 bits per heavy atom. The van der Waals surface area contributed by atoms with Crippen molar-refractivity contribution in [2.24, 2.45) is 0 Å². The smallest absolute Gasteiger partial charge is 0.127 e. The molecule has 2 aromatic carbocycles. The molecule has 1 aromatic heterocycles. The Balaban J connectivity index is 1.80. The Kier molecular flexibility index (Phi) is 3.43. The van der Waals surface area contributed by atoms with Crippen molar-refractivity contribution in [3.63, 3.8) is 0 Å². The predicted octanol–water partition coefficient (Wildman–Crippen LogP) is 5.04. The van der Waals surface area contributed by atoms with Gasteiger partial charge in [-0.1, -0.05) is 30.2 Å². The fraction of sp³-hybridized carbons (Fsp3) is 0.263. The van der Waals surface area contributed by atoms with Gasteiger partial charge in [0.2, 0.25) is 0 Å². The maximum Gasteiger partial charge on any atom is 0.127 e. The second-order valence-corrected chi connectivity index (χ2v) is 6.79. The number of halogens is 2. The predicted molar refractivity (Wildman–Crippen MR) is 91.3 cm³/mol. The molecule has 1 saturated carbocycles. The Morgan fingerprint density at radius 3 is 2.65 bits per heavy atom. The van der Waals surface area contributed by atoms with Crippen LogP contribution in [-0.2, 0) is 5.41 Å². The summed E-state index contributed by atoms with van der Waals surface area (Å²) in [6.45, 7) is -0.000663. The Hall–Kier alpha value is -1.84. The number of benzene rings is 2. The molecule has 0 atom stereocenters. The van der Waals surface area contributed by atoms with Crippen molar-refractivity contribution in [3.8, 4) is 11.1 Å². The number of aliphatic hydroxyl groups is 1. The number of hydrogen-bond donors (Lipinski definition) is 2. The third-order valence-electron chi connectivity index (χ3n) is 5.11. The summed E-state index contributed by atoms with van der Waals surface area (Å²) in [7, 11) is 0. The first-order chi connectivity index (χ1) is 11.1. The van der Waals surface area contributed by atoms with Gasteiger partial charge in [-0.3, -0.25) is 0 Å². The monoisotopic (exact) mass is 329 g/mol. The van der Waals surface area contributed by atoms with E-state index in [0.29, 0.717) is 10.6 Å². The largest absolute Gasteiger partial charge is 0.395 e. The standard InChI is InChI=1S/C19H17ClFNO/c20-16-10-18-13(4-7-22-18)8-14(16)12-2-3-15(17(21)9-12)19(11-23)5-1-6-19/h2-4,7-10,22-23H,1,5-6,11H2. The topological polar surface area (TPSA) is 36.0 Å². The zero-order chi connectivity index (χ0) is 16.0. The highest BCUT2D eigenvalue weighted by atomic mass is 35.5. The van der Waals surface area contributed by atoms with Crippen molar-refractivity contribution < 1.29 is 9.50 Å². The molecule has 1 fully saturated rings. The van der Waals surface area contributed by atoms with Gasteiger partial charge in [0.05, 0.1) is 11.6 Å². The molecule has 0 aliphatic heterocycles. The van der Waals surface area contributed by atoms with Crippen LogP contribution in [-0.4, -0.2) is 16.7 Å². The average molecular weight is 330 g/mol. The zero-order valence-electron chi connectivity index (χ0n) is 12.6. The van der Waals surface area contributed by atoms with Crippen LogP contribution in [0.3, 0.4) is 0 Å². The minimum absolute atomic E-state index is 0.000663. The summed E-state index contributed by atoms with van der Waals surface area (Å²) in [5.41, 5.74) is 2.76. The van der Waals surface area contributed by atoms with Crippen LogP contribution in [0.2, 0.25) is 5.02 Å². The van der Waals surface area contributed by atoms with E-state index in [1.54, 1.807) is 6.07 Å². The van der Waals surface area contributed by atoms with E-state index in [0.717, 1.165) is 41.3 Å². The fourth-order valence-corrected chi connectivity index (χ4v) is 3.80. The third-order valence-corrected chi connectivity index (χ3v) is 5.42. The van der Waals surface area contributed by atoms with E-state index in [1.807, 2.05) is 30.5 Å². The highest BCUT2D eigenvalue weighted by molar-refractivity contribution is 6.34. The third kappa shape index (κ3) is 2.27. The molecule has 4 heteroatoms. The summed E-state index contributed by atoms with van der Waals surface area (Å²) >= 11 is 6.36. The Morgan fingerprint density at radius 1 is 1.17 bits per heavy atom. The van der Waals surface area contributed by atoms with Crippen molar-refractivity contribution >= 4 is 22.5 Å². The van der Waals surface area contributed by atoms with Crippen LogP contribution < -0.4 is 0 Å². The highest BCUT2D eigenvalue weighted by Gasteiger charge is 2.40. The minimum atomic E-state index is -0.392. The van der Waals surface area contributed by atoms with Crippen molar-refractivity contribution in [1.82, 2.24) is 4.98 Å². The van der Waals surface area contributed by atoms with Crippen LogP contribution in [0.1, 0.15) is 24.8 Å². The molecule has 2 N–H and O–H groups in total. The van der Waals surface area contributed by atoms with Gasteiger partial charge in [0.25, 0.3) is 0 Å². The summed E-state index contributed by atoms with van der Waals surface area (Å²) in [6, 6.07) is 11.0. The molecule has 1 aliphatic rings. The highest BCUT2D eigenvalue weighted by Crippen LogP contribution is 2.45. The van der Waals surface area contributed by atoms with Crippen LogP contribution in [0.5, 0.6) is 0 Å². The number of rotatable bonds is 3. The normalized spacial score (nSPS) is 16.5. The molecular weight excluding hydrogens is 313 g/mol. The quantitative estimate of drug-likeness (QED) is 0.693. The average Bonchev–Trinajstić information content (AvgIpc) is 2.94. The first-order valence-corrected chi connectivity index (χ1v) is 8.19. The lowest BCUT2D eigenvalue weighted by Crippen LogP contribution is -2.38. The van der Waals surface area contributed by atoms with Gasteiger partial charge in [0.15, 0.2) is 0 Å². The van der Waals surface area contributed by atoms with E-state index in [1.165, 1.54) is 6.07 Å². The van der Waals surface area contributed by atoms with Gasteiger partial charge < -0.3 is 10.1 Å². The molecule has 0 radical (unpaired) electrons. The molecule has 0 saturated heterocycles. The summed E-state index contributed by atoms with van der Waals surface area (Å²) in [4.78, 5) is 3.12. The van der Waals surface area contributed by atoms with Gasteiger partial charge in [-0.15, -0.1) is 0 Å². The van der Waals surface area contributed by atoms with E-state index in [2.05, 4.69) is 4.98 Å². The fourth-order valence-electron chi connectivity index (χ4n) is 3.52. The summed E-state index contributed by atoms with van der Waals surface area (Å²) in [5, 5.41) is 11.3. The molecule has 0 bridgehead atoms.